The third-order valence-corrected chi connectivity index (χ3v) is 2.35. The van der Waals surface area contributed by atoms with Crippen molar-refractivity contribution in [1.29, 1.82) is 0 Å². The van der Waals surface area contributed by atoms with Crippen LogP contribution in [0, 0.1) is 17.0 Å². The number of hydrogen-bond acceptors (Lipinski definition) is 6. The van der Waals surface area contributed by atoms with E-state index in [0.29, 0.717) is 11.6 Å². The number of nitro groups is 1. The fraction of sp³-hybridized carbons (Fsp3) is 0.300. The van der Waals surface area contributed by atoms with Crippen LogP contribution in [0.25, 0.3) is 0 Å². The number of H-pyrrole nitrogens is 1. The van der Waals surface area contributed by atoms with Crippen molar-refractivity contribution in [2.45, 2.75) is 13.5 Å². The van der Waals surface area contributed by atoms with Crippen LogP contribution in [0.4, 0.5) is 5.88 Å². The molecule has 9 nitrogen and oxygen atoms in total. The largest absolute Gasteiger partial charge is 0.433 e. The van der Waals surface area contributed by atoms with Crippen molar-refractivity contribution in [3.8, 4) is 0 Å². The lowest BCUT2D eigenvalue weighted by Gasteiger charge is -2.12. The number of amides is 1. The maximum absolute atomic E-state index is 11.9. The molecule has 2 aromatic rings. The van der Waals surface area contributed by atoms with Crippen LogP contribution in [0.5, 0.6) is 0 Å². The molecule has 19 heavy (non-hydrogen) atoms. The molecule has 0 aromatic carbocycles. The van der Waals surface area contributed by atoms with Crippen LogP contribution in [-0.4, -0.2) is 38.0 Å². The second kappa shape index (κ2) is 4.88. The normalized spacial score (nSPS) is 10.4. The van der Waals surface area contributed by atoms with E-state index in [1.54, 1.807) is 6.92 Å². The maximum atomic E-state index is 11.9. The number of carbonyl (C=O) groups is 1. The Morgan fingerprint density at radius 3 is 2.84 bits per heavy atom. The molecule has 2 rings (SSSR count). The molecule has 0 saturated heterocycles. The van der Waals surface area contributed by atoms with Crippen LogP contribution >= 0.6 is 0 Å². The summed E-state index contributed by atoms with van der Waals surface area (Å²) >= 11 is 0. The molecule has 0 aliphatic rings. The van der Waals surface area contributed by atoms with Gasteiger partial charge in [-0.25, -0.2) is 4.98 Å². The van der Waals surface area contributed by atoms with E-state index >= 15 is 0 Å². The zero-order valence-corrected chi connectivity index (χ0v) is 10.3. The highest BCUT2D eigenvalue weighted by atomic mass is 16.6. The standard InChI is InChI=1S/C10H11N5O4/c1-6-11-8(13-12-6)5-14(2)10(16)7-3-4-9(19-7)15(17)18/h3-4H,5H2,1-2H3,(H,11,12,13). The van der Waals surface area contributed by atoms with E-state index in [4.69, 9.17) is 4.42 Å². The van der Waals surface area contributed by atoms with Crippen molar-refractivity contribution in [2.24, 2.45) is 0 Å². The van der Waals surface area contributed by atoms with E-state index in [1.807, 2.05) is 0 Å². The Morgan fingerprint density at radius 2 is 2.32 bits per heavy atom. The van der Waals surface area contributed by atoms with Crippen LogP contribution in [0.3, 0.4) is 0 Å². The van der Waals surface area contributed by atoms with Gasteiger partial charge in [0.15, 0.2) is 11.6 Å². The topological polar surface area (TPSA) is 118 Å². The first-order chi connectivity index (χ1) is 8.97. The van der Waals surface area contributed by atoms with Gasteiger partial charge in [-0.1, -0.05) is 0 Å². The Morgan fingerprint density at radius 1 is 1.58 bits per heavy atom. The summed E-state index contributed by atoms with van der Waals surface area (Å²) in [4.78, 5) is 27.1. The summed E-state index contributed by atoms with van der Waals surface area (Å²) in [5, 5.41) is 17.0. The van der Waals surface area contributed by atoms with Gasteiger partial charge in [-0.05, 0) is 13.0 Å². The van der Waals surface area contributed by atoms with Gasteiger partial charge in [0, 0.05) is 7.05 Å². The Kier molecular flexibility index (Phi) is 3.27. The summed E-state index contributed by atoms with van der Waals surface area (Å²) in [5.41, 5.74) is 0. The van der Waals surface area contributed by atoms with Crippen LogP contribution in [0.15, 0.2) is 16.5 Å². The Balaban J connectivity index is 2.07. The van der Waals surface area contributed by atoms with Gasteiger partial charge < -0.3 is 9.32 Å². The monoisotopic (exact) mass is 265 g/mol. The predicted octanol–water partition coefficient (Wildman–Crippen LogP) is 0.887. The number of aromatic nitrogens is 3. The van der Waals surface area contributed by atoms with Gasteiger partial charge in [0.2, 0.25) is 0 Å². The molecule has 0 fully saturated rings. The number of furan rings is 1. The smallest absolute Gasteiger partial charge is 0.395 e. The summed E-state index contributed by atoms with van der Waals surface area (Å²) in [6.07, 6.45) is 0. The molecule has 0 unspecified atom stereocenters. The van der Waals surface area contributed by atoms with Gasteiger partial charge in [-0.2, -0.15) is 5.10 Å². The van der Waals surface area contributed by atoms with E-state index in [2.05, 4.69) is 15.2 Å². The summed E-state index contributed by atoms with van der Waals surface area (Å²) in [7, 11) is 1.53. The van der Waals surface area contributed by atoms with Crippen LogP contribution < -0.4 is 0 Å². The molecular weight excluding hydrogens is 254 g/mol. The first kappa shape index (κ1) is 12.7. The van der Waals surface area contributed by atoms with E-state index in [-0.39, 0.29) is 12.3 Å². The molecule has 1 N–H and O–H groups in total. The first-order valence-corrected chi connectivity index (χ1v) is 5.35. The molecule has 9 heteroatoms. The highest BCUT2D eigenvalue weighted by Gasteiger charge is 2.21. The van der Waals surface area contributed by atoms with Gasteiger partial charge in [0.05, 0.1) is 12.6 Å². The number of nitrogens with one attached hydrogen (secondary N) is 1. The summed E-state index contributed by atoms with van der Waals surface area (Å²) in [6, 6.07) is 2.40. The van der Waals surface area contributed by atoms with Crippen LogP contribution in [0.1, 0.15) is 22.2 Å². The predicted molar refractivity (Wildman–Crippen MR) is 62.3 cm³/mol. The van der Waals surface area contributed by atoms with Crippen molar-refractivity contribution in [2.75, 3.05) is 7.05 Å². The van der Waals surface area contributed by atoms with Gasteiger partial charge in [0.1, 0.15) is 10.7 Å². The fourth-order valence-corrected chi connectivity index (χ4v) is 1.47. The third-order valence-electron chi connectivity index (χ3n) is 2.35. The van der Waals surface area contributed by atoms with Crippen molar-refractivity contribution >= 4 is 11.8 Å². The van der Waals surface area contributed by atoms with E-state index in [0.717, 1.165) is 6.07 Å². The Labute approximate surface area is 107 Å². The van der Waals surface area contributed by atoms with E-state index in [9.17, 15) is 14.9 Å². The highest BCUT2D eigenvalue weighted by molar-refractivity contribution is 5.91. The molecule has 2 heterocycles. The second-order valence-electron chi connectivity index (χ2n) is 3.89. The summed E-state index contributed by atoms with van der Waals surface area (Å²) in [6.45, 7) is 1.92. The Bertz CT molecular complexity index is 617. The van der Waals surface area contributed by atoms with Gasteiger partial charge >= 0.3 is 5.88 Å². The molecule has 0 spiro atoms. The van der Waals surface area contributed by atoms with Gasteiger partial charge in [-0.15, -0.1) is 0 Å². The van der Waals surface area contributed by atoms with Crippen molar-refractivity contribution in [3.05, 3.63) is 39.7 Å². The highest BCUT2D eigenvalue weighted by Crippen LogP contribution is 2.17. The molecular formula is C10H11N5O4. The number of aryl methyl sites for hydroxylation is 1. The van der Waals surface area contributed by atoms with Crippen molar-refractivity contribution in [1.82, 2.24) is 20.1 Å². The quantitative estimate of drug-likeness (QED) is 0.647. The molecule has 0 radical (unpaired) electrons. The number of nitrogens with zero attached hydrogens (tertiary/aromatic N) is 4. The molecule has 0 aliphatic heterocycles. The minimum Gasteiger partial charge on any atom is -0.395 e. The van der Waals surface area contributed by atoms with Crippen molar-refractivity contribution in [3.63, 3.8) is 0 Å². The molecule has 100 valence electrons. The summed E-state index contributed by atoms with van der Waals surface area (Å²) < 4.78 is 4.83. The molecule has 0 atom stereocenters. The van der Waals surface area contributed by atoms with E-state index in [1.165, 1.54) is 18.0 Å². The zero-order chi connectivity index (χ0) is 14.0. The van der Waals surface area contributed by atoms with Crippen molar-refractivity contribution < 1.29 is 14.1 Å². The molecule has 0 saturated carbocycles. The lowest BCUT2D eigenvalue weighted by molar-refractivity contribution is -0.402. The zero-order valence-electron chi connectivity index (χ0n) is 10.3. The number of aromatic amines is 1. The van der Waals surface area contributed by atoms with Crippen LogP contribution in [0.2, 0.25) is 0 Å². The SMILES string of the molecule is Cc1nc(CN(C)C(=O)c2ccc([N+](=O)[O-])o2)n[nH]1. The van der Waals surface area contributed by atoms with Gasteiger partial charge in [-0.3, -0.25) is 20.0 Å². The average molecular weight is 265 g/mol. The fourth-order valence-electron chi connectivity index (χ4n) is 1.47. The molecule has 1 amide bonds. The number of carbonyl (C=O) groups excluding carboxylic acids is 1. The minimum atomic E-state index is -0.699. The third kappa shape index (κ3) is 2.76. The maximum Gasteiger partial charge on any atom is 0.433 e. The number of rotatable bonds is 4. The second-order valence-corrected chi connectivity index (χ2v) is 3.89. The Hall–Kier alpha value is -2.71. The molecule has 0 bridgehead atoms. The average Bonchev–Trinajstić information content (AvgIpc) is 2.97. The van der Waals surface area contributed by atoms with Crippen LogP contribution in [-0.2, 0) is 6.54 Å². The summed E-state index contributed by atoms with van der Waals surface area (Å²) in [5.74, 6) is 0.0568. The lowest BCUT2D eigenvalue weighted by atomic mass is 10.4. The first-order valence-electron chi connectivity index (χ1n) is 5.35. The molecule has 2 aromatic heterocycles. The minimum absolute atomic E-state index is 0.0959. The lowest BCUT2D eigenvalue weighted by Crippen LogP contribution is -2.26. The van der Waals surface area contributed by atoms with Gasteiger partial charge in [0.25, 0.3) is 5.91 Å². The van der Waals surface area contributed by atoms with E-state index < -0.39 is 16.7 Å². The number of hydrogen-bond donors (Lipinski definition) is 1. The molecule has 0 aliphatic carbocycles.